The summed E-state index contributed by atoms with van der Waals surface area (Å²) in [5.41, 5.74) is 6.04. The van der Waals surface area contributed by atoms with E-state index in [4.69, 9.17) is 5.73 Å². The van der Waals surface area contributed by atoms with Crippen LogP contribution in [0.5, 0.6) is 0 Å². The molecule has 1 saturated heterocycles. The van der Waals surface area contributed by atoms with Crippen molar-refractivity contribution in [1.82, 2.24) is 4.90 Å². The predicted molar refractivity (Wildman–Crippen MR) is 77.8 cm³/mol. The molecule has 0 bridgehead atoms. The van der Waals surface area contributed by atoms with Gasteiger partial charge in [0, 0.05) is 24.3 Å². The average molecular weight is 297 g/mol. The van der Waals surface area contributed by atoms with E-state index in [0.717, 1.165) is 44.1 Å². The van der Waals surface area contributed by atoms with Crippen LogP contribution >= 0.6 is 0 Å². The lowest BCUT2D eigenvalue weighted by molar-refractivity contribution is -0.117. The molecule has 1 fully saturated rings. The van der Waals surface area contributed by atoms with Crippen LogP contribution in [0.25, 0.3) is 0 Å². The van der Waals surface area contributed by atoms with Crippen molar-refractivity contribution < 1.29 is 13.6 Å². The Hall–Kier alpha value is -1.53. The van der Waals surface area contributed by atoms with Gasteiger partial charge in [0.1, 0.15) is 11.6 Å². The number of carbonyl (C=O) groups excluding carboxylic acids is 1. The minimum atomic E-state index is -0.708. The SMILES string of the molecule is CC(N)C1CCCN(CC(=O)Nc2cc(F)cc(F)c2)C1. The summed E-state index contributed by atoms with van der Waals surface area (Å²) in [6.07, 6.45) is 2.08. The number of carbonyl (C=O) groups is 1. The Labute approximate surface area is 123 Å². The molecule has 1 aromatic rings. The number of nitrogens with zero attached hydrogens (tertiary/aromatic N) is 1. The molecule has 2 rings (SSSR count). The molecule has 0 spiro atoms. The quantitative estimate of drug-likeness (QED) is 0.893. The minimum absolute atomic E-state index is 0.105. The Morgan fingerprint density at radius 3 is 2.71 bits per heavy atom. The molecule has 4 nitrogen and oxygen atoms in total. The monoisotopic (exact) mass is 297 g/mol. The zero-order valence-electron chi connectivity index (χ0n) is 12.1. The number of hydrogen-bond acceptors (Lipinski definition) is 3. The van der Waals surface area contributed by atoms with Gasteiger partial charge in [0.15, 0.2) is 0 Å². The Morgan fingerprint density at radius 2 is 2.10 bits per heavy atom. The zero-order chi connectivity index (χ0) is 15.4. The molecule has 0 aromatic heterocycles. The number of anilines is 1. The molecule has 2 atom stereocenters. The summed E-state index contributed by atoms with van der Waals surface area (Å²) in [5, 5.41) is 2.52. The number of rotatable bonds is 4. The van der Waals surface area contributed by atoms with E-state index in [9.17, 15) is 13.6 Å². The number of nitrogens with two attached hydrogens (primary N) is 1. The summed E-state index contributed by atoms with van der Waals surface area (Å²) in [6.45, 7) is 3.81. The molecule has 1 aliphatic rings. The maximum atomic E-state index is 13.1. The van der Waals surface area contributed by atoms with Gasteiger partial charge in [-0.15, -0.1) is 0 Å². The summed E-state index contributed by atoms with van der Waals surface area (Å²) in [6, 6.07) is 3.07. The van der Waals surface area contributed by atoms with E-state index in [1.54, 1.807) is 0 Å². The van der Waals surface area contributed by atoms with Crippen LogP contribution < -0.4 is 11.1 Å². The highest BCUT2D eigenvalue weighted by molar-refractivity contribution is 5.92. The molecule has 0 radical (unpaired) electrons. The van der Waals surface area contributed by atoms with Gasteiger partial charge in [0.2, 0.25) is 5.91 Å². The highest BCUT2D eigenvalue weighted by Gasteiger charge is 2.23. The molecule has 21 heavy (non-hydrogen) atoms. The molecule has 0 saturated carbocycles. The fraction of sp³-hybridized carbons (Fsp3) is 0.533. The second-order valence-corrected chi connectivity index (χ2v) is 5.70. The van der Waals surface area contributed by atoms with Gasteiger partial charge in [-0.25, -0.2) is 8.78 Å². The van der Waals surface area contributed by atoms with E-state index < -0.39 is 11.6 Å². The van der Waals surface area contributed by atoms with Crippen molar-refractivity contribution in [3.05, 3.63) is 29.8 Å². The van der Waals surface area contributed by atoms with Crippen LogP contribution in [0, 0.1) is 17.6 Å². The maximum absolute atomic E-state index is 13.1. The Balaban J connectivity index is 1.89. The largest absolute Gasteiger partial charge is 0.328 e. The molecule has 3 N–H and O–H groups in total. The summed E-state index contributed by atoms with van der Waals surface area (Å²) in [4.78, 5) is 14.0. The van der Waals surface area contributed by atoms with Gasteiger partial charge in [-0.2, -0.15) is 0 Å². The third-order valence-corrected chi connectivity index (χ3v) is 3.80. The van der Waals surface area contributed by atoms with E-state index >= 15 is 0 Å². The van der Waals surface area contributed by atoms with Crippen LogP contribution in [0.15, 0.2) is 18.2 Å². The lowest BCUT2D eigenvalue weighted by Crippen LogP contribution is -2.45. The third-order valence-electron chi connectivity index (χ3n) is 3.80. The molecule has 2 unspecified atom stereocenters. The number of hydrogen-bond donors (Lipinski definition) is 2. The number of halogens is 2. The Bertz CT molecular complexity index is 487. The van der Waals surface area contributed by atoms with Crippen LogP contribution in [0.4, 0.5) is 14.5 Å². The van der Waals surface area contributed by atoms with E-state index in [-0.39, 0.29) is 24.2 Å². The fourth-order valence-corrected chi connectivity index (χ4v) is 2.69. The normalized spacial score (nSPS) is 21.0. The van der Waals surface area contributed by atoms with Crippen LogP contribution in [0.2, 0.25) is 0 Å². The number of nitrogens with one attached hydrogen (secondary N) is 1. The first-order chi connectivity index (χ1) is 9.94. The van der Waals surface area contributed by atoms with E-state index in [0.29, 0.717) is 5.92 Å². The second-order valence-electron chi connectivity index (χ2n) is 5.70. The second kappa shape index (κ2) is 6.95. The van der Waals surface area contributed by atoms with E-state index in [2.05, 4.69) is 5.32 Å². The van der Waals surface area contributed by atoms with Gasteiger partial charge in [0.25, 0.3) is 0 Å². The Kier molecular flexibility index (Phi) is 5.25. The van der Waals surface area contributed by atoms with Crippen molar-refractivity contribution >= 4 is 11.6 Å². The highest BCUT2D eigenvalue weighted by Crippen LogP contribution is 2.19. The van der Waals surface area contributed by atoms with Gasteiger partial charge in [-0.1, -0.05) is 0 Å². The lowest BCUT2D eigenvalue weighted by Gasteiger charge is -2.34. The lowest BCUT2D eigenvalue weighted by atomic mass is 9.92. The van der Waals surface area contributed by atoms with Crippen molar-refractivity contribution in [2.75, 3.05) is 25.0 Å². The maximum Gasteiger partial charge on any atom is 0.238 e. The Morgan fingerprint density at radius 1 is 1.43 bits per heavy atom. The smallest absolute Gasteiger partial charge is 0.238 e. The number of amides is 1. The molecule has 116 valence electrons. The molecule has 1 aromatic carbocycles. The average Bonchev–Trinajstić information content (AvgIpc) is 2.37. The molecule has 0 aliphatic carbocycles. The number of likely N-dealkylation sites (tertiary alicyclic amines) is 1. The number of piperidine rings is 1. The molecule has 1 aliphatic heterocycles. The fourth-order valence-electron chi connectivity index (χ4n) is 2.69. The first kappa shape index (κ1) is 15.9. The van der Waals surface area contributed by atoms with Gasteiger partial charge < -0.3 is 11.1 Å². The minimum Gasteiger partial charge on any atom is -0.328 e. The van der Waals surface area contributed by atoms with Gasteiger partial charge in [-0.3, -0.25) is 9.69 Å². The van der Waals surface area contributed by atoms with Crippen LogP contribution in [0.1, 0.15) is 19.8 Å². The highest BCUT2D eigenvalue weighted by atomic mass is 19.1. The number of benzene rings is 1. The third kappa shape index (κ3) is 4.75. The van der Waals surface area contributed by atoms with E-state index in [1.807, 2.05) is 11.8 Å². The van der Waals surface area contributed by atoms with E-state index in [1.165, 1.54) is 0 Å². The van der Waals surface area contributed by atoms with Crippen molar-refractivity contribution in [2.45, 2.75) is 25.8 Å². The summed E-state index contributed by atoms with van der Waals surface area (Å²) >= 11 is 0. The molecular formula is C15H21F2N3O. The van der Waals surface area contributed by atoms with Crippen molar-refractivity contribution in [2.24, 2.45) is 11.7 Å². The van der Waals surface area contributed by atoms with Crippen molar-refractivity contribution in [3.8, 4) is 0 Å². The van der Waals surface area contributed by atoms with Crippen LogP contribution in [-0.4, -0.2) is 36.5 Å². The summed E-state index contributed by atoms with van der Waals surface area (Å²) < 4.78 is 26.1. The van der Waals surface area contributed by atoms with Crippen molar-refractivity contribution in [1.29, 1.82) is 0 Å². The van der Waals surface area contributed by atoms with Crippen LogP contribution in [-0.2, 0) is 4.79 Å². The first-order valence-electron chi connectivity index (χ1n) is 7.18. The van der Waals surface area contributed by atoms with Crippen molar-refractivity contribution in [3.63, 3.8) is 0 Å². The zero-order valence-corrected chi connectivity index (χ0v) is 12.1. The topological polar surface area (TPSA) is 58.4 Å². The summed E-state index contributed by atoms with van der Waals surface area (Å²) in [5.74, 6) is -1.30. The summed E-state index contributed by atoms with van der Waals surface area (Å²) in [7, 11) is 0. The molecular weight excluding hydrogens is 276 g/mol. The predicted octanol–water partition coefficient (Wildman–Crippen LogP) is 1.96. The van der Waals surface area contributed by atoms with Gasteiger partial charge in [-0.05, 0) is 44.4 Å². The van der Waals surface area contributed by atoms with Gasteiger partial charge in [0.05, 0.1) is 6.54 Å². The molecule has 1 heterocycles. The molecule has 1 amide bonds. The standard InChI is InChI=1S/C15H21F2N3O/c1-10(18)11-3-2-4-20(8-11)9-15(21)19-14-6-12(16)5-13(17)7-14/h5-7,10-11H,2-4,8-9,18H2,1H3,(H,19,21). The van der Waals surface area contributed by atoms with Crippen LogP contribution in [0.3, 0.4) is 0 Å². The van der Waals surface area contributed by atoms with Gasteiger partial charge >= 0.3 is 0 Å². The molecule has 6 heteroatoms. The first-order valence-corrected chi connectivity index (χ1v) is 7.18.